The molecule has 2 nitrogen and oxygen atoms in total. The SMILES string of the molecule is NC1CCC(F)(C2NCCc3ccccc32)C1. The molecule has 0 spiro atoms. The van der Waals surface area contributed by atoms with Gasteiger partial charge in [0.15, 0.2) is 0 Å². The predicted molar refractivity (Wildman–Crippen MR) is 66.6 cm³/mol. The van der Waals surface area contributed by atoms with Gasteiger partial charge < -0.3 is 11.1 Å². The fourth-order valence-electron chi connectivity index (χ4n) is 3.29. The van der Waals surface area contributed by atoms with Crippen LogP contribution in [0.2, 0.25) is 0 Å². The average Bonchev–Trinajstić information content (AvgIpc) is 2.70. The van der Waals surface area contributed by atoms with Crippen LogP contribution in [0.25, 0.3) is 0 Å². The molecule has 3 rings (SSSR count). The smallest absolute Gasteiger partial charge is 0.131 e. The first kappa shape index (κ1) is 11.2. The highest BCUT2D eigenvalue weighted by Crippen LogP contribution is 2.44. The van der Waals surface area contributed by atoms with Crippen molar-refractivity contribution in [2.75, 3.05) is 6.54 Å². The van der Waals surface area contributed by atoms with Gasteiger partial charge >= 0.3 is 0 Å². The molecule has 1 saturated carbocycles. The van der Waals surface area contributed by atoms with E-state index in [4.69, 9.17) is 5.73 Å². The Bertz CT molecular complexity index is 420. The Morgan fingerprint density at radius 3 is 2.94 bits per heavy atom. The first-order valence-electron chi connectivity index (χ1n) is 6.45. The molecule has 3 unspecified atom stereocenters. The second-order valence-electron chi connectivity index (χ2n) is 5.37. The van der Waals surface area contributed by atoms with E-state index in [1.807, 2.05) is 12.1 Å². The number of rotatable bonds is 1. The lowest BCUT2D eigenvalue weighted by molar-refractivity contribution is 0.107. The van der Waals surface area contributed by atoms with Crippen LogP contribution in [0.5, 0.6) is 0 Å². The molecule has 0 radical (unpaired) electrons. The van der Waals surface area contributed by atoms with E-state index in [-0.39, 0.29) is 12.1 Å². The summed E-state index contributed by atoms with van der Waals surface area (Å²) in [6.45, 7) is 0.864. The molecular weight excluding hydrogens is 215 g/mol. The van der Waals surface area contributed by atoms with Gasteiger partial charge in [0.2, 0.25) is 0 Å². The first-order chi connectivity index (χ1) is 8.19. The second kappa shape index (κ2) is 4.07. The van der Waals surface area contributed by atoms with Crippen LogP contribution >= 0.6 is 0 Å². The zero-order chi connectivity index (χ0) is 11.9. The van der Waals surface area contributed by atoms with E-state index in [0.717, 1.165) is 24.9 Å². The molecule has 0 bridgehead atoms. The lowest BCUT2D eigenvalue weighted by Crippen LogP contribution is -2.43. The summed E-state index contributed by atoms with van der Waals surface area (Å²) < 4.78 is 15.0. The van der Waals surface area contributed by atoms with E-state index < -0.39 is 5.67 Å². The fraction of sp³-hybridized carbons (Fsp3) is 0.571. The molecule has 0 saturated heterocycles. The van der Waals surface area contributed by atoms with E-state index in [1.165, 1.54) is 5.56 Å². The number of fused-ring (bicyclic) bond motifs is 1. The molecule has 1 aromatic carbocycles. The van der Waals surface area contributed by atoms with Gasteiger partial charge in [0.25, 0.3) is 0 Å². The molecule has 1 fully saturated rings. The van der Waals surface area contributed by atoms with Gasteiger partial charge in [-0.15, -0.1) is 0 Å². The third kappa shape index (κ3) is 1.87. The summed E-state index contributed by atoms with van der Waals surface area (Å²) in [6, 6.07) is 8.05. The van der Waals surface area contributed by atoms with Gasteiger partial charge in [0, 0.05) is 6.04 Å². The molecule has 0 amide bonds. The van der Waals surface area contributed by atoms with Gasteiger partial charge in [-0.3, -0.25) is 0 Å². The first-order valence-corrected chi connectivity index (χ1v) is 6.45. The van der Waals surface area contributed by atoms with Crippen molar-refractivity contribution in [3.63, 3.8) is 0 Å². The minimum absolute atomic E-state index is 0.0240. The molecule has 3 N–H and O–H groups in total. The van der Waals surface area contributed by atoms with E-state index in [2.05, 4.69) is 17.4 Å². The fourth-order valence-corrected chi connectivity index (χ4v) is 3.29. The van der Waals surface area contributed by atoms with Gasteiger partial charge in [0.05, 0.1) is 6.04 Å². The highest BCUT2D eigenvalue weighted by atomic mass is 19.1. The summed E-state index contributed by atoms with van der Waals surface area (Å²) in [5.74, 6) is 0. The standard InChI is InChI=1S/C14H19FN2/c15-14(7-5-11(16)9-14)13-12-4-2-1-3-10(12)6-8-17-13/h1-4,11,13,17H,5-9,16H2. The average molecular weight is 234 g/mol. The quantitative estimate of drug-likeness (QED) is 0.781. The Morgan fingerprint density at radius 1 is 1.35 bits per heavy atom. The van der Waals surface area contributed by atoms with E-state index in [0.29, 0.717) is 12.8 Å². The topological polar surface area (TPSA) is 38.0 Å². The summed E-state index contributed by atoms with van der Waals surface area (Å²) >= 11 is 0. The van der Waals surface area contributed by atoms with Crippen molar-refractivity contribution in [1.82, 2.24) is 5.32 Å². The van der Waals surface area contributed by atoms with Crippen molar-refractivity contribution < 1.29 is 4.39 Å². The van der Waals surface area contributed by atoms with Crippen LogP contribution in [0.4, 0.5) is 4.39 Å². The zero-order valence-corrected chi connectivity index (χ0v) is 9.95. The molecule has 0 aromatic heterocycles. The highest BCUT2D eigenvalue weighted by molar-refractivity contribution is 5.35. The van der Waals surface area contributed by atoms with Crippen LogP contribution in [-0.4, -0.2) is 18.3 Å². The third-order valence-corrected chi connectivity index (χ3v) is 4.16. The Morgan fingerprint density at radius 2 is 2.18 bits per heavy atom. The maximum atomic E-state index is 15.0. The molecule has 2 aliphatic rings. The zero-order valence-electron chi connectivity index (χ0n) is 9.95. The summed E-state index contributed by atoms with van der Waals surface area (Å²) in [5, 5.41) is 3.35. The Kier molecular flexibility index (Phi) is 2.68. The van der Waals surface area contributed by atoms with Crippen molar-refractivity contribution in [1.29, 1.82) is 0 Å². The van der Waals surface area contributed by atoms with Crippen LogP contribution in [-0.2, 0) is 6.42 Å². The number of nitrogens with one attached hydrogen (secondary N) is 1. The second-order valence-corrected chi connectivity index (χ2v) is 5.37. The summed E-state index contributed by atoms with van der Waals surface area (Å²) in [4.78, 5) is 0. The Labute approximate surface area is 101 Å². The summed E-state index contributed by atoms with van der Waals surface area (Å²) in [6.07, 6.45) is 2.87. The lowest BCUT2D eigenvalue weighted by atomic mass is 9.83. The van der Waals surface area contributed by atoms with Gasteiger partial charge in [-0.05, 0) is 43.4 Å². The van der Waals surface area contributed by atoms with Gasteiger partial charge in [-0.2, -0.15) is 0 Å². The molecule has 17 heavy (non-hydrogen) atoms. The minimum Gasteiger partial charge on any atom is -0.328 e. The van der Waals surface area contributed by atoms with E-state index in [9.17, 15) is 4.39 Å². The van der Waals surface area contributed by atoms with Crippen LogP contribution in [0.3, 0.4) is 0 Å². The monoisotopic (exact) mass is 234 g/mol. The van der Waals surface area contributed by atoms with E-state index in [1.54, 1.807) is 0 Å². The van der Waals surface area contributed by atoms with Gasteiger partial charge in [-0.25, -0.2) is 4.39 Å². The van der Waals surface area contributed by atoms with Crippen LogP contribution < -0.4 is 11.1 Å². The molecule has 92 valence electrons. The van der Waals surface area contributed by atoms with Crippen LogP contribution in [0, 0.1) is 0 Å². The number of hydrogen-bond donors (Lipinski definition) is 2. The van der Waals surface area contributed by atoms with Crippen molar-refractivity contribution in [2.24, 2.45) is 5.73 Å². The van der Waals surface area contributed by atoms with Crippen molar-refractivity contribution in [3.05, 3.63) is 35.4 Å². The molecule has 3 heteroatoms. The molecular formula is C14H19FN2. The van der Waals surface area contributed by atoms with Gasteiger partial charge in [-0.1, -0.05) is 24.3 Å². The normalized spacial score (nSPS) is 36.8. The van der Waals surface area contributed by atoms with E-state index >= 15 is 0 Å². The number of halogens is 1. The number of benzene rings is 1. The predicted octanol–water partition coefficient (Wildman–Crippen LogP) is 2.09. The number of hydrogen-bond acceptors (Lipinski definition) is 2. The largest absolute Gasteiger partial charge is 0.328 e. The lowest BCUT2D eigenvalue weighted by Gasteiger charge is -2.36. The number of alkyl halides is 1. The summed E-state index contributed by atoms with van der Waals surface area (Å²) in [5.41, 5.74) is 7.13. The number of nitrogens with two attached hydrogens (primary N) is 1. The van der Waals surface area contributed by atoms with Crippen molar-refractivity contribution in [2.45, 2.75) is 43.4 Å². The molecule has 3 atom stereocenters. The highest BCUT2D eigenvalue weighted by Gasteiger charge is 2.46. The molecule has 1 aromatic rings. The molecule has 1 aliphatic heterocycles. The Hall–Kier alpha value is -0.930. The molecule has 1 aliphatic carbocycles. The third-order valence-electron chi connectivity index (χ3n) is 4.16. The molecule has 1 heterocycles. The summed E-state index contributed by atoms with van der Waals surface area (Å²) in [7, 11) is 0. The Balaban J connectivity index is 1.95. The maximum absolute atomic E-state index is 15.0. The van der Waals surface area contributed by atoms with Crippen LogP contribution in [0.15, 0.2) is 24.3 Å². The van der Waals surface area contributed by atoms with Crippen LogP contribution in [0.1, 0.15) is 36.4 Å². The van der Waals surface area contributed by atoms with Crippen molar-refractivity contribution >= 4 is 0 Å². The minimum atomic E-state index is -1.16. The maximum Gasteiger partial charge on any atom is 0.131 e. The van der Waals surface area contributed by atoms with Crippen molar-refractivity contribution in [3.8, 4) is 0 Å². The van der Waals surface area contributed by atoms with Gasteiger partial charge in [0.1, 0.15) is 5.67 Å².